The van der Waals surface area contributed by atoms with Gasteiger partial charge in [-0.15, -0.1) is 0 Å². The van der Waals surface area contributed by atoms with Crippen LogP contribution in [0.2, 0.25) is 0 Å². The number of amides is 1. The summed E-state index contributed by atoms with van der Waals surface area (Å²) in [6.45, 7) is 7.14. The maximum absolute atomic E-state index is 11.7. The van der Waals surface area contributed by atoms with E-state index in [2.05, 4.69) is 0 Å². The average molecular weight is 202 g/mol. The van der Waals surface area contributed by atoms with Gasteiger partial charge in [0.25, 0.3) is 0 Å². The van der Waals surface area contributed by atoms with Crippen LogP contribution in [0.5, 0.6) is 0 Å². The van der Waals surface area contributed by atoms with Gasteiger partial charge in [-0.05, 0) is 19.3 Å². The van der Waals surface area contributed by atoms with Gasteiger partial charge in [0.1, 0.15) is 0 Å². The molecule has 0 fully saturated rings. The van der Waals surface area contributed by atoms with E-state index in [0.29, 0.717) is 19.5 Å². The Labute approximate surface area is 86.1 Å². The highest BCUT2D eigenvalue weighted by atomic mass is 16.3. The van der Waals surface area contributed by atoms with Crippen LogP contribution < -0.4 is 5.73 Å². The molecular weight excluding hydrogens is 180 g/mol. The van der Waals surface area contributed by atoms with Gasteiger partial charge in [0, 0.05) is 19.7 Å². The van der Waals surface area contributed by atoms with Crippen molar-refractivity contribution in [2.24, 2.45) is 11.7 Å². The van der Waals surface area contributed by atoms with Gasteiger partial charge in [-0.1, -0.05) is 13.8 Å². The smallest absolute Gasteiger partial charge is 0.239 e. The van der Waals surface area contributed by atoms with Gasteiger partial charge < -0.3 is 15.7 Å². The molecule has 84 valence electrons. The molecule has 0 saturated heterocycles. The number of hydrogen-bond acceptors (Lipinski definition) is 3. The summed E-state index contributed by atoms with van der Waals surface area (Å²) in [5, 5.41) is 8.67. The van der Waals surface area contributed by atoms with Crippen LogP contribution in [0.4, 0.5) is 0 Å². The monoisotopic (exact) mass is 202 g/mol. The van der Waals surface area contributed by atoms with Crippen LogP contribution in [0.3, 0.4) is 0 Å². The zero-order chi connectivity index (χ0) is 11.1. The summed E-state index contributed by atoms with van der Waals surface area (Å²) in [4.78, 5) is 13.4. The summed E-state index contributed by atoms with van der Waals surface area (Å²) in [5.74, 6) is 0.140. The molecule has 1 amide bonds. The number of carbonyl (C=O) groups is 1. The number of aliphatic hydroxyl groups excluding tert-OH is 1. The van der Waals surface area contributed by atoms with E-state index in [0.717, 1.165) is 0 Å². The van der Waals surface area contributed by atoms with Gasteiger partial charge in [0.2, 0.25) is 5.91 Å². The van der Waals surface area contributed by atoms with Crippen molar-refractivity contribution in [3.8, 4) is 0 Å². The lowest BCUT2D eigenvalue weighted by Gasteiger charge is -2.25. The molecule has 0 spiro atoms. The Hall–Kier alpha value is -0.610. The molecule has 0 aliphatic heterocycles. The first-order chi connectivity index (χ1) is 6.54. The summed E-state index contributed by atoms with van der Waals surface area (Å²) >= 11 is 0. The number of aliphatic hydroxyl groups is 1. The first kappa shape index (κ1) is 13.4. The SMILES string of the molecule is CCN(CCCO)C(=O)[C@@H](N)C(C)C. The van der Waals surface area contributed by atoms with E-state index in [-0.39, 0.29) is 18.4 Å². The second-order valence-electron chi connectivity index (χ2n) is 3.76. The lowest BCUT2D eigenvalue weighted by Crippen LogP contribution is -2.46. The van der Waals surface area contributed by atoms with E-state index < -0.39 is 6.04 Å². The van der Waals surface area contributed by atoms with Crippen LogP contribution >= 0.6 is 0 Å². The second-order valence-corrected chi connectivity index (χ2v) is 3.76. The molecule has 0 aromatic heterocycles. The molecule has 0 saturated carbocycles. The molecule has 4 heteroatoms. The number of carbonyl (C=O) groups excluding carboxylic acids is 1. The summed E-state index contributed by atoms with van der Waals surface area (Å²) in [6, 6.07) is -0.423. The summed E-state index contributed by atoms with van der Waals surface area (Å²) in [6.07, 6.45) is 0.615. The van der Waals surface area contributed by atoms with E-state index in [1.54, 1.807) is 4.90 Å². The number of nitrogens with zero attached hydrogens (tertiary/aromatic N) is 1. The molecule has 3 N–H and O–H groups in total. The van der Waals surface area contributed by atoms with Crippen LogP contribution in [-0.2, 0) is 4.79 Å². The minimum atomic E-state index is -0.423. The lowest BCUT2D eigenvalue weighted by atomic mass is 10.0. The molecule has 0 aromatic carbocycles. The van der Waals surface area contributed by atoms with Crippen molar-refractivity contribution >= 4 is 5.91 Å². The predicted molar refractivity (Wildman–Crippen MR) is 56.8 cm³/mol. The molecule has 14 heavy (non-hydrogen) atoms. The van der Waals surface area contributed by atoms with Crippen LogP contribution in [0.25, 0.3) is 0 Å². The lowest BCUT2D eigenvalue weighted by molar-refractivity contribution is -0.133. The number of hydrogen-bond donors (Lipinski definition) is 2. The van der Waals surface area contributed by atoms with E-state index in [1.165, 1.54) is 0 Å². The standard InChI is InChI=1S/C10H22N2O2/c1-4-12(6-5-7-13)10(14)9(11)8(2)3/h8-9,13H,4-7,11H2,1-3H3/t9-/m0/s1. The molecule has 0 aliphatic carbocycles. The fourth-order valence-corrected chi connectivity index (χ4v) is 1.18. The molecule has 0 heterocycles. The first-order valence-corrected chi connectivity index (χ1v) is 5.19. The van der Waals surface area contributed by atoms with E-state index in [1.807, 2.05) is 20.8 Å². The van der Waals surface area contributed by atoms with Crippen molar-refractivity contribution in [3.63, 3.8) is 0 Å². The van der Waals surface area contributed by atoms with Crippen molar-refractivity contribution in [3.05, 3.63) is 0 Å². The van der Waals surface area contributed by atoms with Gasteiger partial charge in [-0.25, -0.2) is 0 Å². The quantitative estimate of drug-likeness (QED) is 0.646. The Bertz CT molecular complexity index is 172. The molecule has 0 aromatic rings. The Balaban J connectivity index is 4.16. The Kier molecular flexibility index (Phi) is 6.49. The van der Waals surface area contributed by atoms with Crippen molar-refractivity contribution < 1.29 is 9.90 Å². The summed E-state index contributed by atoms with van der Waals surface area (Å²) in [5.41, 5.74) is 5.75. The normalized spacial score (nSPS) is 13.0. The number of rotatable bonds is 6. The molecule has 4 nitrogen and oxygen atoms in total. The Morgan fingerprint density at radius 2 is 2.07 bits per heavy atom. The third-order valence-corrected chi connectivity index (χ3v) is 2.28. The van der Waals surface area contributed by atoms with Crippen LogP contribution in [0, 0.1) is 5.92 Å². The Morgan fingerprint density at radius 3 is 2.43 bits per heavy atom. The number of nitrogens with two attached hydrogens (primary N) is 1. The van der Waals surface area contributed by atoms with Crippen molar-refractivity contribution in [1.82, 2.24) is 4.90 Å². The molecule has 0 aliphatic rings. The number of likely N-dealkylation sites (N-methyl/N-ethyl adjacent to an activating group) is 1. The molecule has 1 atom stereocenters. The van der Waals surface area contributed by atoms with Crippen LogP contribution in [0.1, 0.15) is 27.2 Å². The highest BCUT2D eigenvalue weighted by Crippen LogP contribution is 2.04. The molecule has 0 unspecified atom stereocenters. The van der Waals surface area contributed by atoms with Gasteiger partial charge >= 0.3 is 0 Å². The minimum Gasteiger partial charge on any atom is -0.396 e. The van der Waals surface area contributed by atoms with Crippen molar-refractivity contribution in [2.75, 3.05) is 19.7 Å². The predicted octanol–water partition coefficient (Wildman–Crippen LogP) is 0.201. The first-order valence-electron chi connectivity index (χ1n) is 5.19. The fourth-order valence-electron chi connectivity index (χ4n) is 1.18. The zero-order valence-corrected chi connectivity index (χ0v) is 9.36. The average Bonchev–Trinajstić information content (AvgIpc) is 2.17. The van der Waals surface area contributed by atoms with Gasteiger partial charge in [-0.3, -0.25) is 4.79 Å². The van der Waals surface area contributed by atoms with Crippen molar-refractivity contribution in [1.29, 1.82) is 0 Å². The highest BCUT2D eigenvalue weighted by molar-refractivity contribution is 5.81. The zero-order valence-electron chi connectivity index (χ0n) is 9.36. The van der Waals surface area contributed by atoms with E-state index in [9.17, 15) is 4.79 Å². The maximum Gasteiger partial charge on any atom is 0.239 e. The van der Waals surface area contributed by atoms with Gasteiger partial charge in [0.05, 0.1) is 6.04 Å². The molecule has 0 rings (SSSR count). The van der Waals surface area contributed by atoms with E-state index >= 15 is 0 Å². The molecule has 0 bridgehead atoms. The third kappa shape index (κ3) is 4.07. The van der Waals surface area contributed by atoms with Crippen molar-refractivity contribution in [2.45, 2.75) is 33.2 Å². The fraction of sp³-hybridized carbons (Fsp3) is 0.900. The maximum atomic E-state index is 11.7. The highest BCUT2D eigenvalue weighted by Gasteiger charge is 2.21. The van der Waals surface area contributed by atoms with Crippen LogP contribution in [-0.4, -0.2) is 41.7 Å². The largest absolute Gasteiger partial charge is 0.396 e. The topological polar surface area (TPSA) is 66.6 Å². The Morgan fingerprint density at radius 1 is 1.50 bits per heavy atom. The third-order valence-electron chi connectivity index (χ3n) is 2.28. The summed E-state index contributed by atoms with van der Waals surface area (Å²) < 4.78 is 0. The van der Waals surface area contributed by atoms with E-state index in [4.69, 9.17) is 10.8 Å². The summed E-state index contributed by atoms with van der Waals surface area (Å²) in [7, 11) is 0. The van der Waals surface area contributed by atoms with Gasteiger partial charge in [-0.2, -0.15) is 0 Å². The molecular formula is C10H22N2O2. The molecule has 0 radical (unpaired) electrons. The van der Waals surface area contributed by atoms with Gasteiger partial charge in [0.15, 0.2) is 0 Å². The minimum absolute atomic E-state index is 0.0176. The van der Waals surface area contributed by atoms with Crippen LogP contribution in [0.15, 0.2) is 0 Å². The second kappa shape index (κ2) is 6.79.